The van der Waals surface area contributed by atoms with Crippen molar-refractivity contribution in [1.29, 1.82) is 0 Å². The van der Waals surface area contributed by atoms with Crippen LogP contribution in [0.1, 0.15) is 37.0 Å². The number of anilines is 1. The van der Waals surface area contributed by atoms with Crippen molar-refractivity contribution in [1.82, 2.24) is 15.0 Å². The summed E-state index contributed by atoms with van der Waals surface area (Å²) < 4.78 is 0. The first kappa shape index (κ1) is 11.5. The van der Waals surface area contributed by atoms with Crippen LogP contribution < -0.4 is 5.73 Å². The Labute approximate surface area is 101 Å². The number of hydrogen-bond donors (Lipinski definition) is 1. The van der Waals surface area contributed by atoms with Gasteiger partial charge in [-0.3, -0.25) is 4.98 Å². The van der Waals surface area contributed by atoms with Crippen LogP contribution in [0.25, 0.3) is 0 Å². The fourth-order valence-electron chi connectivity index (χ4n) is 1.58. The molecular weight excluding hydrogens is 212 g/mol. The molecule has 0 amide bonds. The summed E-state index contributed by atoms with van der Waals surface area (Å²) in [5, 5.41) is 0. The average molecular weight is 228 g/mol. The normalized spacial score (nSPS) is 10.8. The van der Waals surface area contributed by atoms with E-state index < -0.39 is 0 Å². The summed E-state index contributed by atoms with van der Waals surface area (Å²) >= 11 is 0. The molecule has 2 aromatic heterocycles. The van der Waals surface area contributed by atoms with Crippen molar-refractivity contribution in [3.8, 4) is 0 Å². The van der Waals surface area contributed by atoms with E-state index in [0.29, 0.717) is 18.2 Å². The number of rotatable bonds is 3. The van der Waals surface area contributed by atoms with Gasteiger partial charge < -0.3 is 5.73 Å². The van der Waals surface area contributed by atoms with Gasteiger partial charge in [-0.25, -0.2) is 9.97 Å². The zero-order chi connectivity index (χ0) is 12.3. The number of nitrogen functional groups attached to an aromatic ring is 1. The molecule has 0 aromatic carbocycles. The van der Waals surface area contributed by atoms with Gasteiger partial charge in [-0.2, -0.15) is 0 Å². The van der Waals surface area contributed by atoms with Gasteiger partial charge in [0.15, 0.2) is 0 Å². The maximum Gasteiger partial charge on any atom is 0.136 e. The van der Waals surface area contributed by atoms with E-state index in [1.54, 1.807) is 6.20 Å². The van der Waals surface area contributed by atoms with Gasteiger partial charge >= 0.3 is 0 Å². The summed E-state index contributed by atoms with van der Waals surface area (Å²) in [6.07, 6.45) is 2.39. The summed E-state index contributed by atoms with van der Waals surface area (Å²) in [6, 6.07) is 7.63. The molecule has 2 aromatic rings. The fraction of sp³-hybridized carbons (Fsp3) is 0.308. The lowest BCUT2D eigenvalue weighted by Gasteiger charge is -2.07. The summed E-state index contributed by atoms with van der Waals surface area (Å²) in [4.78, 5) is 13.0. The molecule has 0 aliphatic heterocycles. The molecule has 2 N–H and O–H groups in total. The second-order valence-electron chi connectivity index (χ2n) is 4.29. The minimum atomic E-state index is 0.350. The van der Waals surface area contributed by atoms with Crippen LogP contribution in [-0.4, -0.2) is 15.0 Å². The highest BCUT2D eigenvalue weighted by Crippen LogP contribution is 2.14. The summed E-state index contributed by atoms with van der Waals surface area (Å²) in [5.74, 6) is 1.60. The number of nitrogens with zero attached hydrogens (tertiary/aromatic N) is 3. The van der Waals surface area contributed by atoms with Crippen molar-refractivity contribution in [2.24, 2.45) is 0 Å². The lowest BCUT2D eigenvalue weighted by molar-refractivity contribution is 0.790. The van der Waals surface area contributed by atoms with Crippen molar-refractivity contribution < 1.29 is 0 Å². The molecule has 4 nitrogen and oxygen atoms in total. The molecular formula is C13H16N4. The van der Waals surface area contributed by atoms with E-state index in [-0.39, 0.29) is 0 Å². The Hall–Kier alpha value is -1.97. The fourth-order valence-corrected chi connectivity index (χ4v) is 1.58. The Bertz CT molecular complexity index is 494. The number of hydrogen-bond acceptors (Lipinski definition) is 4. The van der Waals surface area contributed by atoms with Crippen LogP contribution in [0.3, 0.4) is 0 Å². The van der Waals surface area contributed by atoms with Gasteiger partial charge in [0, 0.05) is 23.7 Å². The van der Waals surface area contributed by atoms with E-state index in [1.165, 1.54) is 0 Å². The molecule has 0 radical (unpaired) electrons. The second kappa shape index (κ2) is 4.91. The predicted molar refractivity (Wildman–Crippen MR) is 67.6 cm³/mol. The minimum Gasteiger partial charge on any atom is -0.384 e. The van der Waals surface area contributed by atoms with E-state index in [1.807, 2.05) is 24.3 Å². The van der Waals surface area contributed by atoms with Gasteiger partial charge in [0.25, 0.3) is 0 Å². The average Bonchev–Trinajstić information content (AvgIpc) is 2.29. The number of nitrogens with two attached hydrogens (primary N) is 1. The number of pyridine rings is 1. The zero-order valence-corrected chi connectivity index (χ0v) is 10.1. The molecule has 0 saturated carbocycles. The zero-order valence-electron chi connectivity index (χ0n) is 10.1. The Morgan fingerprint density at radius 2 is 2.06 bits per heavy atom. The van der Waals surface area contributed by atoms with E-state index in [4.69, 9.17) is 5.73 Å². The van der Waals surface area contributed by atoms with Crippen molar-refractivity contribution in [3.63, 3.8) is 0 Å². The van der Waals surface area contributed by atoms with Crippen molar-refractivity contribution >= 4 is 5.82 Å². The molecule has 17 heavy (non-hydrogen) atoms. The van der Waals surface area contributed by atoms with Crippen LogP contribution in [0.5, 0.6) is 0 Å². The van der Waals surface area contributed by atoms with Crippen LogP contribution in [0, 0.1) is 0 Å². The molecule has 88 valence electrons. The Morgan fingerprint density at radius 3 is 2.71 bits per heavy atom. The first-order chi connectivity index (χ1) is 8.15. The van der Waals surface area contributed by atoms with Gasteiger partial charge in [0.05, 0.1) is 6.42 Å². The van der Waals surface area contributed by atoms with E-state index >= 15 is 0 Å². The maximum atomic E-state index is 5.78. The van der Waals surface area contributed by atoms with Crippen molar-refractivity contribution in [2.45, 2.75) is 26.2 Å². The molecule has 0 spiro atoms. The Morgan fingerprint density at radius 1 is 1.24 bits per heavy atom. The van der Waals surface area contributed by atoms with Crippen LogP contribution in [0.2, 0.25) is 0 Å². The van der Waals surface area contributed by atoms with E-state index in [2.05, 4.69) is 28.8 Å². The molecule has 0 aliphatic carbocycles. The van der Waals surface area contributed by atoms with Gasteiger partial charge in [-0.15, -0.1) is 0 Å². The predicted octanol–water partition coefficient (Wildman–Crippen LogP) is 2.17. The smallest absolute Gasteiger partial charge is 0.136 e. The monoisotopic (exact) mass is 228 g/mol. The molecule has 4 heteroatoms. The van der Waals surface area contributed by atoms with Gasteiger partial charge in [0.1, 0.15) is 11.6 Å². The molecule has 0 bridgehead atoms. The first-order valence-corrected chi connectivity index (χ1v) is 5.68. The van der Waals surface area contributed by atoms with Gasteiger partial charge in [-0.05, 0) is 18.1 Å². The van der Waals surface area contributed by atoms with Gasteiger partial charge in [0.2, 0.25) is 0 Å². The summed E-state index contributed by atoms with van der Waals surface area (Å²) in [5.41, 5.74) is 7.71. The lowest BCUT2D eigenvalue weighted by atomic mass is 10.1. The van der Waals surface area contributed by atoms with Crippen molar-refractivity contribution in [2.75, 3.05) is 5.73 Å². The van der Waals surface area contributed by atoms with E-state index in [0.717, 1.165) is 17.2 Å². The minimum absolute atomic E-state index is 0.350. The lowest BCUT2D eigenvalue weighted by Crippen LogP contribution is -2.05. The highest BCUT2D eigenvalue weighted by molar-refractivity contribution is 5.31. The Kier molecular flexibility index (Phi) is 3.32. The third-order valence-corrected chi connectivity index (χ3v) is 2.47. The Balaban J connectivity index is 2.27. The molecule has 2 rings (SSSR count). The molecule has 2 heterocycles. The van der Waals surface area contributed by atoms with Crippen LogP contribution in [0.4, 0.5) is 5.82 Å². The topological polar surface area (TPSA) is 64.7 Å². The van der Waals surface area contributed by atoms with Crippen LogP contribution in [-0.2, 0) is 6.42 Å². The molecule has 0 aliphatic rings. The molecule has 0 atom stereocenters. The quantitative estimate of drug-likeness (QED) is 0.874. The highest BCUT2D eigenvalue weighted by atomic mass is 14.9. The molecule has 0 unspecified atom stereocenters. The SMILES string of the molecule is CC(C)c1cc(N)nc(Cc2ccccn2)n1. The molecule has 0 fully saturated rings. The number of aromatic nitrogens is 3. The van der Waals surface area contributed by atoms with Gasteiger partial charge in [-0.1, -0.05) is 19.9 Å². The summed E-state index contributed by atoms with van der Waals surface area (Å²) in [6.45, 7) is 4.18. The van der Waals surface area contributed by atoms with E-state index in [9.17, 15) is 0 Å². The van der Waals surface area contributed by atoms with Crippen molar-refractivity contribution in [3.05, 3.63) is 47.7 Å². The van der Waals surface area contributed by atoms with Crippen LogP contribution >= 0.6 is 0 Å². The largest absolute Gasteiger partial charge is 0.384 e. The second-order valence-corrected chi connectivity index (χ2v) is 4.29. The van der Waals surface area contributed by atoms with Crippen LogP contribution in [0.15, 0.2) is 30.5 Å². The standard InChI is InChI=1S/C13H16N4/c1-9(2)11-8-12(14)17-13(16-11)7-10-5-3-4-6-15-10/h3-6,8-9H,7H2,1-2H3,(H2,14,16,17). The third kappa shape index (κ3) is 3.00. The maximum absolute atomic E-state index is 5.78. The highest BCUT2D eigenvalue weighted by Gasteiger charge is 2.07. The summed E-state index contributed by atoms with van der Waals surface area (Å²) in [7, 11) is 0. The molecule has 0 saturated heterocycles. The first-order valence-electron chi connectivity index (χ1n) is 5.68. The third-order valence-electron chi connectivity index (χ3n) is 2.47.